The van der Waals surface area contributed by atoms with E-state index in [2.05, 4.69) is 44.3 Å². The molecule has 0 saturated carbocycles. The van der Waals surface area contributed by atoms with E-state index >= 15 is 0 Å². The van der Waals surface area contributed by atoms with Crippen molar-refractivity contribution < 1.29 is 0 Å². The number of aromatic nitrogens is 5. The zero-order chi connectivity index (χ0) is 15.1. The monoisotopic (exact) mass is 301 g/mol. The van der Waals surface area contributed by atoms with Gasteiger partial charge in [-0.05, 0) is 62.1 Å². The Labute approximate surface area is 130 Å². The molecule has 118 valence electrons. The summed E-state index contributed by atoms with van der Waals surface area (Å²) in [5, 5.41) is 16.0. The summed E-state index contributed by atoms with van der Waals surface area (Å²) in [7, 11) is 0. The number of hydrogen-bond acceptors (Lipinski definition) is 6. The van der Waals surface area contributed by atoms with Gasteiger partial charge in [0, 0.05) is 31.2 Å². The van der Waals surface area contributed by atoms with Crippen LogP contribution in [0.15, 0.2) is 12.1 Å². The first-order valence-electron chi connectivity index (χ1n) is 8.30. The lowest BCUT2D eigenvalue weighted by atomic mass is 10.0. The Kier molecular flexibility index (Phi) is 3.44. The Morgan fingerprint density at radius 1 is 1.09 bits per heavy atom. The molecule has 7 heteroatoms. The molecule has 0 radical (unpaired) electrons. The van der Waals surface area contributed by atoms with Gasteiger partial charge in [0.15, 0.2) is 11.5 Å². The fourth-order valence-electron chi connectivity index (χ4n) is 4.15. The van der Waals surface area contributed by atoms with Crippen molar-refractivity contribution in [1.82, 2.24) is 30.2 Å². The van der Waals surface area contributed by atoms with Crippen molar-refractivity contribution in [1.29, 1.82) is 0 Å². The van der Waals surface area contributed by atoms with E-state index in [1.165, 1.54) is 30.3 Å². The molecule has 2 aromatic heterocycles. The van der Waals surface area contributed by atoms with Crippen LogP contribution in [0.4, 0.5) is 5.82 Å². The molecule has 22 heavy (non-hydrogen) atoms. The number of fused-ring (bicyclic) bond motifs is 1. The molecular weight excluding hydrogens is 278 g/mol. The molecule has 2 aliphatic rings. The fourth-order valence-corrected chi connectivity index (χ4v) is 4.15. The Hall–Kier alpha value is -1.76. The number of nitrogens with zero attached hydrogens (tertiary/aromatic N) is 7. The van der Waals surface area contributed by atoms with Crippen molar-refractivity contribution in [3.05, 3.63) is 12.1 Å². The SMILES string of the molecule is C[C@@H]1CC[C@H](C)N1[C@@H]1CCCN(c2ccc3nnnn3n2)C1. The molecule has 7 nitrogen and oxygen atoms in total. The number of hydrogen-bond donors (Lipinski definition) is 0. The van der Waals surface area contributed by atoms with Crippen molar-refractivity contribution in [3.8, 4) is 0 Å². The molecule has 0 aliphatic carbocycles. The molecule has 3 atom stereocenters. The van der Waals surface area contributed by atoms with Gasteiger partial charge in [0.2, 0.25) is 0 Å². The maximum Gasteiger partial charge on any atom is 0.200 e. The van der Waals surface area contributed by atoms with E-state index in [9.17, 15) is 0 Å². The molecular formula is C15H23N7. The molecule has 0 N–H and O–H groups in total. The van der Waals surface area contributed by atoms with Crippen LogP contribution in [-0.4, -0.2) is 61.4 Å². The predicted molar refractivity (Wildman–Crippen MR) is 83.8 cm³/mol. The second kappa shape index (κ2) is 5.46. The highest BCUT2D eigenvalue weighted by atomic mass is 15.6. The zero-order valence-corrected chi connectivity index (χ0v) is 13.3. The third-order valence-corrected chi connectivity index (χ3v) is 5.22. The average molecular weight is 301 g/mol. The van der Waals surface area contributed by atoms with Crippen molar-refractivity contribution in [2.45, 2.75) is 57.7 Å². The van der Waals surface area contributed by atoms with E-state index in [-0.39, 0.29) is 0 Å². The van der Waals surface area contributed by atoms with E-state index in [1.807, 2.05) is 12.1 Å². The molecule has 2 fully saturated rings. The number of likely N-dealkylation sites (tertiary alicyclic amines) is 1. The van der Waals surface area contributed by atoms with E-state index in [0.717, 1.165) is 18.9 Å². The minimum Gasteiger partial charge on any atom is -0.354 e. The van der Waals surface area contributed by atoms with E-state index in [0.29, 0.717) is 23.8 Å². The molecule has 4 heterocycles. The third-order valence-electron chi connectivity index (χ3n) is 5.22. The average Bonchev–Trinajstić information content (AvgIpc) is 3.13. The largest absolute Gasteiger partial charge is 0.354 e. The molecule has 0 unspecified atom stereocenters. The van der Waals surface area contributed by atoms with Crippen LogP contribution in [0.2, 0.25) is 0 Å². The highest BCUT2D eigenvalue weighted by Gasteiger charge is 2.35. The summed E-state index contributed by atoms with van der Waals surface area (Å²) in [6, 6.07) is 6.01. The Morgan fingerprint density at radius 2 is 1.91 bits per heavy atom. The summed E-state index contributed by atoms with van der Waals surface area (Å²) in [5.74, 6) is 0.976. The highest BCUT2D eigenvalue weighted by molar-refractivity contribution is 5.44. The van der Waals surface area contributed by atoms with Crippen molar-refractivity contribution >= 4 is 11.5 Å². The van der Waals surface area contributed by atoms with Crippen molar-refractivity contribution in [2.24, 2.45) is 0 Å². The first-order valence-corrected chi connectivity index (χ1v) is 8.30. The molecule has 0 spiro atoms. The molecule has 0 bridgehead atoms. The number of piperidine rings is 1. The maximum atomic E-state index is 4.55. The van der Waals surface area contributed by atoms with Crippen molar-refractivity contribution in [2.75, 3.05) is 18.0 Å². The van der Waals surface area contributed by atoms with E-state index < -0.39 is 0 Å². The predicted octanol–water partition coefficient (Wildman–Crippen LogP) is 1.36. The van der Waals surface area contributed by atoms with E-state index in [4.69, 9.17) is 0 Å². The van der Waals surface area contributed by atoms with Crippen LogP contribution in [0, 0.1) is 0 Å². The van der Waals surface area contributed by atoms with Crippen LogP contribution in [-0.2, 0) is 0 Å². The molecule has 0 amide bonds. The van der Waals surface area contributed by atoms with Gasteiger partial charge in [0.25, 0.3) is 0 Å². The first-order chi connectivity index (χ1) is 10.7. The molecule has 2 aromatic rings. The number of rotatable bonds is 2. The summed E-state index contributed by atoms with van der Waals surface area (Å²) < 4.78 is 1.51. The minimum absolute atomic E-state index is 0.632. The van der Waals surface area contributed by atoms with Gasteiger partial charge in [0.05, 0.1) is 0 Å². The molecule has 2 aliphatic heterocycles. The van der Waals surface area contributed by atoms with Gasteiger partial charge < -0.3 is 4.90 Å². The number of anilines is 1. The fraction of sp³-hybridized carbons (Fsp3) is 0.733. The van der Waals surface area contributed by atoms with Gasteiger partial charge in [-0.3, -0.25) is 4.90 Å². The second-order valence-electron chi connectivity index (χ2n) is 6.68. The van der Waals surface area contributed by atoms with Crippen molar-refractivity contribution in [3.63, 3.8) is 0 Å². The highest BCUT2D eigenvalue weighted by Crippen LogP contribution is 2.30. The van der Waals surface area contributed by atoms with Crippen LogP contribution >= 0.6 is 0 Å². The summed E-state index contributed by atoms with van der Waals surface area (Å²) in [5.41, 5.74) is 0.694. The zero-order valence-electron chi connectivity index (χ0n) is 13.3. The molecule has 0 aromatic carbocycles. The van der Waals surface area contributed by atoms with E-state index in [1.54, 1.807) is 0 Å². The number of tetrazole rings is 1. The second-order valence-corrected chi connectivity index (χ2v) is 6.68. The molecule has 2 saturated heterocycles. The normalized spacial score (nSPS) is 30.3. The lowest BCUT2D eigenvalue weighted by molar-refractivity contribution is 0.129. The van der Waals surface area contributed by atoms with Gasteiger partial charge in [-0.15, -0.1) is 14.8 Å². The minimum atomic E-state index is 0.632. The summed E-state index contributed by atoms with van der Waals surface area (Å²) >= 11 is 0. The summed E-state index contributed by atoms with van der Waals surface area (Å²) in [6.07, 6.45) is 5.16. The van der Waals surface area contributed by atoms with Crippen LogP contribution in [0.5, 0.6) is 0 Å². The Morgan fingerprint density at radius 3 is 2.73 bits per heavy atom. The maximum absolute atomic E-state index is 4.55. The van der Waals surface area contributed by atoms with Gasteiger partial charge >= 0.3 is 0 Å². The first kappa shape index (κ1) is 13.9. The Balaban J connectivity index is 1.55. The topological polar surface area (TPSA) is 62.5 Å². The van der Waals surface area contributed by atoms with Crippen LogP contribution < -0.4 is 4.90 Å². The standard InChI is InChI=1S/C15H23N7/c1-11-5-6-12(2)21(11)13-4-3-9-20(10-13)15-8-7-14-16-18-19-22(14)17-15/h7-8,11-13H,3-6,9-10H2,1-2H3/t11-,12+,13-/m1/s1. The third kappa shape index (κ3) is 2.33. The molecule has 4 rings (SSSR count). The van der Waals surface area contributed by atoms with Crippen LogP contribution in [0.3, 0.4) is 0 Å². The van der Waals surface area contributed by atoms with Crippen LogP contribution in [0.1, 0.15) is 39.5 Å². The van der Waals surface area contributed by atoms with Gasteiger partial charge in [-0.2, -0.15) is 0 Å². The quantitative estimate of drug-likeness (QED) is 0.834. The smallest absolute Gasteiger partial charge is 0.200 e. The van der Waals surface area contributed by atoms with Gasteiger partial charge in [0.1, 0.15) is 0 Å². The van der Waals surface area contributed by atoms with Crippen LogP contribution in [0.25, 0.3) is 5.65 Å². The summed E-state index contributed by atoms with van der Waals surface area (Å²) in [4.78, 5) is 5.11. The summed E-state index contributed by atoms with van der Waals surface area (Å²) in [6.45, 7) is 6.85. The van der Waals surface area contributed by atoms with Gasteiger partial charge in [-0.25, -0.2) is 0 Å². The lowest BCUT2D eigenvalue weighted by Gasteiger charge is -2.41. The lowest BCUT2D eigenvalue weighted by Crippen LogP contribution is -2.51. The Bertz CT molecular complexity index is 644. The van der Waals surface area contributed by atoms with Gasteiger partial charge in [-0.1, -0.05) is 0 Å².